The lowest BCUT2D eigenvalue weighted by Gasteiger charge is -2.10. The monoisotopic (exact) mass is 474 g/mol. The molecular formula is C24H30N2O4S2. The maximum absolute atomic E-state index is 12.9. The number of thioether (sulfide) groups is 1. The minimum absolute atomic E-state index is 0.179. The smallest absolute Gasteiger partial charge is 0.414 e. The summed E-state index contributed by atoms with van der Waals surface area (Å²) in [6.07, 6.45) is 4.23. The quantitative estimate of drug-likeness (QED) is 0.404. The van der Waals surface area contributed by atoms with Gasteiger partial charge in [-0.15, -0.1) is 23.1 Å². The molecule has 1 aromatic carbocycles. The Morgan fingerprint density at radius 3 is 2.50 bits per heavy atom. The summed E-state index contributed by atoms with van der Waals surface area (Å²) < 4.78 is 4.86. The molecule has 1 aliphatic carbocycles. The Hall–Kier alpha value is -2.32. The molecule has 32 heavy (non-hydrogen) atoms. The number of benzene rings is 1. The number of ether oxygens (including phenoxy) is 1. The van der Waals surface area contributed by atoms with E-state index in [4.69, 9.17) is 4.74 Å². The molecule has 3 amide bonds. The van der Waals surface area contributed by atoms with Crippen molar-refractivity contribution in [2.75, 3.05) is 11.9 Å². The van der Waals surface area contributed by atoms with Crippen LogP contribution in [0.4, 0.5) is 9.80 Å². The number of hydrogen-bond donors (Lipinski definition) is 2. The van der Waals surface area contributed by atoms with Crippen molar-refractivity contribution in [2.24, 2.45) is 0 Å². The van der Waals surface area contributed by atoms with Gasteiger partial charge in [0.2, 0.25) is 5.91 Å². The van der Waals surface area contributed by atoms with Crippen LogP contribution in [0.1, 0.15) is 66.4 Å². The standard InChI is InChI=1S/C24H30N2O4S2/c1-4-30-24(29)26-22(28)21-18-8-6-5-7-9-19(18)32-23(21)25-20(27)14-16-10-12-17(13-11-16)31-15(2)3/h10-13,15H,4-9,14H2,1-3H3,(H,25,27)(H,26,28,29). The Balaban J connectivity index is 1.76. The van der Waals surface area contributed by atoms with Gasteiger partial charge in [-0.2, -0.15) is 0 Å². The van der Waals surface area contributed by atoms with Crippen molar-refractivity contribution in [3.05, 3.63) is 45.8 Å². The van der Waals surface area contributed by atoms with Crippen molar-refractivity contribution in [1.29, 1.82) is 0 Å². The molecule has 172 valence electrons. The second kappa shape index (κ2) is 11.5. The molecular weight excluding hydrogens is 444 g/mol. The SMILES string of the molecule is CCOC(=O)NC(=O)c1c(NC(=O)Cc2ccc(SC(C)C)cc2)sc2c1CCCCC2. The molecule has 1 aromatic heterocycles. The van der Waals surface area contributed by atoms with E-state index in [1.807, 2.05) is 24.3 Å². The number of thiophene rings is 1. The molecule has 0 bridgehead atoms. The van der Waals surface area contributed by atoms with Crippen LogP contribution >= 0.6 is 23.1 Å². The fourth-order valence-electron chi connectivity index (χ4n) is 3.71. The van der Waals surface area contributed by atoms with Crippen LogP contribution in [-0.2, 0) is 28.8 Å². The topological polar surface area (TPSA) is 84.5 Å². The van der Waals surface area contributed by atoms with Gasteiger partial charge in [0.1, 0.15) is 5.00 Å². The zero-order valence-corrected chi connectivity index (χ0v) is 20.4. The molecule has 0 aliphatic heterocycles. The largest absolute Gasteiger partial charge is 0.450 e. The van der Waals surface area contributed by atoms with E-state index in [9.17, 15) is 14.4 Å². The number of carbonyl (C=O) groups excluding carboxylic acids is 3. The van der Waals surface area contributed by atoms with E-state index in [0.29, 0.717) is 15.8 Å². The number of alkyl carbamates (subject to hydrolysis) is 1. The molecule has 0 spiro atoms. The van der Waals surface area contributed by atoms with Gasteiger partial charge in [-0.3, -0.25) is 14.9 Å². The van der Waals surface area contributed by atoms with Crippen LogP contribution in [0.3, 0.4) is 0 Å². The molecule has 2 N–H and O–H groups in total. The molecule has 0 saturated heterocycles. The molecule has 0 saturated carbocycles. The summed E-state index contributed by atoms with van der Waals surface area (Å²) in [6, 6.07) is 7.97. The maximum Gasteiger partial charge on any atom is 0.414 e. The lowest BCUT2D eigenvalue weighted by molar-refractivity contribution is -0.115. The predicted octanol–water partition coefficient (Wildman–Crippen LogP) is 5.59. The van der Waals surface area contributed by atoms with Gasteiger partial charge >= 0.3 is 6.09 Å². The van der Waals surface area contributed by atoms with E-state index in [0.717, 1.165) is 48.1 Å². The molecule has 2 aromatic rings. The normalized spacial score (nSPS) is 13.2. The van der Waals surface area contributed by atoms with E-state index in [2.05, 4.69) is 24.5 Å². The summed E-state index contributed by atoms with van der Waals surface area (Å²) in [4.78, 5) is 39.8. The van der Waals surface area contributed by atoms with Gasteiger partial charge in [-0.25, -0.2) is 4.79 Å². The van der Waals surface area contributed by atoms with Crippen molar-refractivity contribution in [2.45, 2.75) is 69.4 Å². The highest BCUT2D eigenvalue weighted by Crippen LogP contribution is 2.37. The molecule has 6 nitrogen and oxygen atoms in total. The molecule has 3 rings (SSSR count). The highest BCUT2D eigenvalue weighted by molar-refractivity contribution is 7.99. The molecule has 0 fully saturated rings. The number of amides is 3. The molecule has 0 radical (unpaired) electrons. The molecule has 1 aliphatic rings. The molecule has 0 atom stereocenters. The number of fused-ring (bicyclic) bond motifs is 1. The number of imide groups is 1. The number of carbonyl (C=O) groups is 3. The fraction of sp³-hybridized carbons (Fsp3) is 0.458. The van der Waals surface area contributed by atoms with E-state index in [1.54, 1.807) is 18.7 Å². The fourth-order valence-corrected chi connectivity index (χ4v) is 5.85. The average molecular weight is 475 g/mol. The van der Waals surface area contributed by atoms with Crippen LogP contribution in [0.25, 0.3) is 0 Å². The van der Waals surface area contributed by atoms with Crippen LogP contribution in [0, 0.1) is 0 Å². The number of hydrogen-bond acceptors (Lipinski definition) is 6. The van der Waals surface area contributed by atoms with Gasteiger partial charge in [0, 0.05) is 15.0 Å². The predicted molar refractivity (Wildman–Crippen MR) is 130 cm³/mol. The van der Waals surface area contributed by atoms with Crippen LogP contribution in [0.15, 0.2) is 29.2 Å². The summed E-state index contributed by atoms with van der Waals surface area (Å²) in [7, 11) is 0. The first kappa shape index (κ1) is 24.3. The van der Waals surface area contributed by atoms with Crippen LogP contribution in [0.5, 0.6) is 0 Å². The third kappa shape index (κ3) is 6.59. The van der Waals surface area contributed by atoms with Crippen molar-refractivity contribution in [3.63, 3.8) is 0 Å². The number of aryl methyl sites for hydroxylation is 1. The number of anilines is 1. The van der Waals surface area contributed by atoms with Crippen LogP contribution < -0.4 is 10.6 Å². The maximum atomic E-state index is 12.9. The first-order valence-corrected chi connectivity index (χ1v) is 12.7. The third-order valence-electron chi connectivity index (χ3n) is 5.05. The lowest BCUT2D eigenvalue weighted by Crippen LogP contribution is -2.32. The highest BCUT2D eigenvalue weighted by Gasteiger charge is 2.27. The minimum Gasteiger partial charge on any atom is -0.450 e. The van der Waals surface area contributed by atoms with Crippen molar-refractivity contribution >= 4 is 46.0 Å². The summed E-state index contributed by atoms with van der Waals surface area (Å²) in [5.41, 5.74) is 2.25. The Kier molecular flexibility index (Phi) is 8.75. The van der Waals surface area contributed by atoms with Gasteiger partial charge in [-0.1, -0.05) is 32.4 Å². The zero-order valence-electron chi connectivity index (χ0n) is 18.8. The van der Waals surface area contributed by atoms with Gasteiger partial charge in [0.25, 0.3) is 5.91 Å². The van der Waals surface area contributed by atoms with Crippen molar-refractivity contribution in [3.8, 4) is 0 Å². The Bertz CT molecular complexity index is 967. The Labute approximate surface area is 197 Å². The molecule has 8 heteroatoms. The molecule has 1 heterocycles. The number of rotatable bonds is 7. The second-order valence-electron chi connectivity index (χ2n) is 7.98. The number of nitrogens with one attached hydrogen (secondary N) is 2. The first-order chi connectivity index (χ1) is 15.4. The van der Waals surface area contributed by atoms with Gasteiger partial charge in [0.05, 0.1) is 18.6 Å². The summed E-state index contributed by atoms with van der Waals surface area (Å²) in [5, 5.41) is 6.23. The zero-order chi connectivity index (χ0) is 23.1. The van der Waals surface area contributed by atoms with Crippen LogP contribution in [-0.4, -0.2) is 29.8 Å². The van der Waals surface area contributed by atoms with Gasteiger partial charge < -0.3 is 10.1 Å². The van der Waals surface area contributed by atoms with Crippen molar-refractivity contribution in [1.82, 2.24) is 5.32 Å². The summed E-state index contributed by atoms with van der Waals surface area (Å²) >= 11 is 3.22. The highest BCUT2D eigenvalue weighted by atomic mass is 32.2. The van der Waals surface area contributed by atoms with E-state index in [1.165, 1.54) is 16.2 Å². The van der Waals surface area contributed by atoms with E-state index >= 15 is 0 Å². The first-order valence-electron chi connectivity index (χ1n) is 11.1. The van der Waals surface area contributed by atoms with Gasteiger partial charge in [-0.05, 0) is 55.9 Å². The van der Waals surface area contributed by atoms with Crippen molar-refractivity contribution < 1.29 is 19.1 Å². The second-order valence-corrected chi connectivity index (χ2v) is 10.7. The average Bonchev–Trinajstić information content (AvgIpc) is 2.89. The van der Waals surface area contributed by atoms with Gasteiger partial charge in [0.15, 0.2) is 0 Å². The third-order valence-corrected chi connectivity index (χ3v) is 7.28. The summed E-state index contributed by atoms with van der Waals surface area (Å²) in [5.74, 6) is -0.705. The summed E-state index contributed by atoms with van der Waals surface area (Å²) in [6.45, 7) is 6.15. The van der Waals surface area contributed by atoms with Crippen LogP contribution in [0.2, 0.25) is 0 Å². The Morgan fingerprint density at radius 2 is 1.81 bits per heavy atom. The van der Waals surface area contributed by atoms with E-state index < -0.39 is 12.0 Å². The minimum atomic E-state index is -0.775. The lowest BCUT2D eigenvalue weighted by atomic mass is 10.0. The Morgan fingerprint density at radius 1 is 1.09 bits per heavy atom. The van der Waals surface area contributed by atoms with E-state index in [-0.39, 0.29) is 18.9 Å². The molecule has 0 unspecified atom stereocenters.